The van der Waals surface area contributed by atoms with Gasteiger partial charge in [0.05, 0.1) is 17.8 Å². The number of pyridine rings is 1. The van der Waals surface area contributed by atoms with Gasteiger partial charge in [-0.2, -0.15) is 4.57 Å². The maximum atomic E-state index is 2.41. The van der Waals surface area contributed by atoms with E-state index in [2.05, 4.69) is 141 Å². The molecule has 0 saturated heterocycles. The van der Waals surface area contributed by atoms with Crippen LogP contribution in [0.5, 0.6) is 0 Å². The average Bonchev–Trinajstić information content (AvgIpc) is 2.89. The summed E-state index contributed by atoms with van der Waals surface area (Å²) in [6, 6.07) is 41.8. The van der Waals surface area contributed by atoms with E-state index in [0.29, 0.717) is 4.48 Å². The molecule has 6 rings (SSSR count). The smallest absolute Gasteiger partial charge is 0.223 e. The van der Waals surface area contributed by atoms with E-state index in [1.807, 2.05) is 0 Å². The van der Waals surface area contributed by atoms with Crippen LogP contribution in [0.2, 0.25) is 0 Å². The Hall–Kier alpha value is -4.01. The van der Waals surface area contributed by atoms with Crippen LogP contribution in [-0.2, 0) is 7.05 Å². The van der Waals surface area contributed by atoms with Crippen LogP contribution in [0.15, 0.2) is 115 Å². The molecule has 0 bridgehead atoms. The summed E-state index contributed by atoms with van der Waals surface area (Å²) in [5, 5.41) is 5.12. The second kappa shape index (κ2) is 7.79. The third-order valence-corrected chi connectivity index (χ3v) is 7.31. The average molecular weight is 441 g/mol. The molecule has 0 unspecified atom stereocenters. The fourth-order valence-corrected chi connectivity index (χ4v) is 5.58. The zero-order valence-corrected chi connectivity index (χ0v) is 19.9. The highest BCUT2D eigenvalue weighted by atomic mass is 15.4. The molecule has 6 aromatic rings. The van der Waals surface area contributed by atoms with Crippen molar-refractivity contribution in [2.75, 3.05) is 7.05 Å². The monoisotopic (exact) mass is 440 g/mol. The van der Waals surface area contributed by atoms with Crippen molar-refractivity contribution < 1.29 is 4.57 Å². The van der Waals surface area contributed by atoms with Crippen LogP contribution in [0.4, 0.5) is 17.1 Å². The molecule has 0 N–H and O–H groups in total. The minimum Gasteiger partial charge on any atom is -0.223 e. The molecule has 0 fully saturated rings. The Kier molecular flexibility index (Phi) is 4.72. The molecular weight excluding hydrogens is 412 g/mol. The summed E-state index contributed by atoms with van der Waals surface area (Å²) >= 11 is 0. The number of hydrogen-bond acceptors (Lipinski definition) is 0. The predicted molar refractivity (Wildman–Crippen MR) is 145 cm³/mol. The van der Waals surface area contributed by atoms with E-state index in [1.54, 1.807) is 0 Å². The van der Waals surface area contributed by atoms with Crippen LogP contribution < -0.4 is 9.05 Å². The van der Waals surface area contributed by atoms with Gasteiger partial charge in [0, 0.05) is 11.5 Å². The number of aromatic nitrogens is 1. The Labute approximate surface area is 200 Å². The number of fused-ring (bicyclic) bond motifs is 4. The Morgan fingerprint density at radius 3 is 1.79 bits per heavy atom. The lowest BCUT2D eigenvalue weighted by Gasteiger charge is -2.32. The largest absolute Gasteiger partial charge is 0.275 e. The molecule has 1 aromatic heterocycles. The van der Waals surface area contributed by atoms with Crippen molar-refractivity contribution >= 4 is 49.6 Å². The van der Waals surface area contributed by atoms with E-state index in [1.165, 1.54) is 55.2 Å². The van der Waals surface area contributed by atoms with E-state index in [4.69, 9.17) is 0 Å². The number of benzene rings is 5. The summed E-state index contributed by atoms with van der Waals surface area (Å²) in [7, 11) is 4.53. The third-order valence-electron chi connectivity index (χ3n) is 7.31. The summed E-state index contributed by atoms with van der Waals surface area (Å²) in [5.74, 6) is 0. The van der Waals surface area contributed by atoms with Gasteiger partial charge in [0.1, 0.15) is 18.4 Å². The number of hydrogen-bond donors (Lipinski definition) is 0. The summed E-state index contributed by atoms with van der Waals surface area (Å²) in [6.45, 7) is 2.21. The first-order valence-electron chi connectivity index (χ1n) is 11.8. The molecule has 0 saturated carbocycles. The number of para-hydroxylation sites is 3. The van der Waals surface area contributed by atoms with E-state index in [9.17, 15) is 0 Å². The third kappa shape index (κ3) is 2.96. The number of quaternary nitrogens is 1. The molecule has 0 aliphatic carbocycles. The maximum Gasteiger partial charge on any atom is 0.275 e. The molecule has 0 aliphatic heterocycles. The van der Waals surface area contributed by atoms with E-state index in [-0.39, 0.29) is 0 Å². The SMILES string of the molecule is Cc1cccc2ccc3cc4cccc([N+](C)(c5ccccc5)c5ccccc5)c4[n+](C)c3c12. The van der Waals surface area contributed by atoms with Gasteiger partial charge in [-0.05, 0) is 60.3 Å². The molecule has 0 spiro atoms. The number of rotatable bonds is 3. The van der Waals surface area contributed by atoms with Gasteiger partial charge >= 0.3 is 0 Å². The Morgan fingerprint density at radius 1 is 0.559 bits per heavy atom. The van der Waals surface area contributed by atoms with Crippen LogP contribution in [0.25, 0.3) is 32.6 Å². The van der Waals surface area contributed by atoms with Gasteiger partial charge in [-0.1, -0.05) is 66.7 Å². The van der Waals surface area contributed by atoms with Gasteiger partial charge in [-0.3, -0.25) is 0 Å². The first-order chi connectivity index (χ1) is 16.6. The highest BCUT2D eigenvalue weighted by molar-refractivity contribution is 6.08. The molecular formula is C32H28N2+2. The van der Waals surface area contributed by atoms with Crippen LogP contribution in [-0.4, -0.2) is 7.05 Å². The van der Waals surface area contributed by atoms with E-state index in [0.717, 1.165) is 0 Å². The summed E-state index contributed by atoms with van der Waals surface area (Å²) in [5.41, 5.74) is 7.55. The minimum absolute atomic E-state index is 0.585. The van der Waals surface area contributed by atoms with Gasteiger partial charge in [-0.25, -0.2) is 4.48 Å². The molecule has 5 aromatic carbocycles. The lowest BCUT2D eigenvalue weighted by atomic mass is 9.99. The molecule has 2 nitrogen and oxygen atoms in total. The first kappa shape index (κ1) is 20.6. The van der Waals surface area contributed by atoms with Gasteiger partial charge in [0.25, 0.3) is 5.52 Å². The van der Waals surface area contributed by atoms with Crippen molar-refractivity contribution in [1.82, 2.24) is 4.48 Å². The summed E-state index contributed by atoms with van der Waals surface area (Å²) in [4.78, 5) is 0. The van der Waals surface area contributed by atoms with Gasteiger partial charge in [-0.15, -0.1) is 0 Å². The predicted octanol–water partition coefficient (Wildman–Crippen LogP) is 7.88. The summed E-state index contributed by atoms with van der Waals surface area (Å²) in [6.07, 6.45) is 0. The van der Waals surface area contributed by atoms with Crippen LogP contribution >= 0.6 is 0 Å². The van der Waals surface area contributed by atoms with Crippen molar-refractivity contribution in [3.05, 3.63) is 121 Å². The van der Waals surface area contributed by atoms with Crippen LogP contribution in [0, 0.1) is 6.92 Å². The second-order valence-electron chi connectivity index (χ2n) is 9.27. The van der Waals surface area contributed by atoms with Crippen molar-refractivity contribution in [2.24, 2.45) is 7.05 Å². The second-order valence-corrected chi connectivity index (χ2v) is 9.27. The van der Waals surface area contributed by atoms with Crippen molar-refractivity contribution in [3.8, 4) is 0 Å². The Balaban J connectivity index is 1.79. The molecule has 34 heavy (non-hydrogen) atoms. The highest BCUT2D eigenvalue weighted by Crippen LogP contribution is 2.44. The molecule has 1 heterocycles. The normalized spacial score (nSPS) is 12.0. The molecule has 0 atom stereocenters. The van der Waals surface area contributed by atoms with E-state index >= 15 is 0 Å². The first-order valence-corrected chi connectivity index (χ1v) is 11.8. The van der Waals surface area contributed by atoms with Crippen molar-refractivity contribution in [2.45, 2.75) is 6.92 Å². The van der Waals surface area contributed by atoms with Crippen molar-refractivity contribution in [3.63, 3.8) is 0 Å². The fourth-order valence-electron chi connectivity index (χ4n) is 5.58. The quantitative estimate of drug-likeness (QED) is 0.114. The molecule has 164 valence electrons. The fraction of sp³-hybridized carbons (Fsp3) is 0.0938. The van der Waals surface area contributed by atoms with E-state index < -0.39 is 0 Å². The van der Waals surface area contributed by atoms with Gasteiger partial charge < -0.3 is 0 Å². The number of nitrogens with zero attached hydrogens (tertiary/aromatic N) is 2. The molecule has 0 aliphatic rings. The number of aryl methyl sites for hydroxylation is 2. The lowest BCUT2D eigenvalue weighted by Crippen LogP contribution is -2.38. The molecule has 2 heteroatoms. The maximum absolute atomic E-state index is 2.41. The zero-order valence-electron chi connectivity index (χ0n) is 19.9. The van der Waals surface area contributed by atoms with Gasteiger partial charge in [0.2, 0.25) is 11.2 Å². The minimum atomic E-state index is 0.585. The van der Waals surface area contributed by atoms with Crippen LogP contribution in [0.1, 0.15) is 5.56 Å². The Morgan fingerprint density at radius 2 is 1.12 bits per heavy atom. The zero-order chi connectivity index (χ0) is 23.3. The van der Waals surface area contributed by atoms with Crippen molar-refractivity contribution in [1.29, 1.82) is 0 Å². The topological polar surface area (TPSA) is 3.88 Å². The summed E-state index contributed by atoms with van der Waals surface area (Å²) < 4.78 is 3.00. The molecule has 0 radical (unpaired) electrons. The highest BCUT2D eigenvalue weighted by Gasteiger charge is 2.36. The van der Waals surface area contributed by atoms with Crippen LogP contribution in [0.3, 0.4) is 0 Å². The molecule has 0 amide bonds. The standard InChI is InChI=1S/C32H28N2/c1-23-12-10-13-24-20-21-26-22-25-14-11-19-29(31(25)33(2)32(26)30(23)24)34(3,27-15-6-4-7-16-27)28-17-8-5-9-18-28/h4-22H,1-3H3/q+2. The van der Waals surface area contributed by atoms with Gasteiger partial charge in [0.15, 0.2) is 0 Å². The Bertz CT molecular complexity index is 1630. The lowest BCUT2D eigenvalue weighted by molar-refractivity contribution is -0.616.